The Hall–Kier alpha value is -1.10. The van der Waals surface area contributed by atoms with Gasteiger partial charge in [-0.05, 0) is 26.2 Å². The number of carboxylic acid groups (broad SMARTS) is 1. The van der Waals surface area contributed by atoms with Gasteiger partial charge < -0.3 is 15.7 Å². The van der Waals surface area contributed by atoms with Gasteiger partial charge in [0.25, 0.3) is 0 Å². The predicted octanol–water partition coefficient (Wildman–Crippen LogP) is 0.434. The molecule has 5 nitrogen and oxygen atoms in total. The highest BCUT2D eigenvalue weighted by molar-refractivity contribution is 5.82. The zero-order valence-electron chi connectivity index (χ0n) is 10.3. The van der Waals surface area contributed by atoms with Crippen molar-refractivity contribution in [2.75, 3.05) is 0 Å². The van der Waals surface area contributed by atoms with Crippen LogP contribution in [0.25, 0.3) is 0 Å². The zero-order chi connectivity index (χ0) is 12.7. The van der Waals surface area contributed by atoms with E-state index < -0.39 is 5.97 Å². The molecule has 3 N–H and O–H groups in total. The highest BCUT2D eigenvalue weighted by atomic mass is 16.4. The second-order valence-corrected chi connectivity index (χ2v) is 5.37. The van der Waals surface area contributed by atoms with E-state index in [0.29, 0.717) is 6.42 Å². The van der Waals surface area contributed by atoms with E-state index in [2.05, 4.69) is 0 Å². The number of hydrogen-bond donors (Lipinski definition) is 2. The van der Waals surface area contributed by atoms with E-state index >= 15 is 0 Å². The number of hydrogen-bond acceptors (Lipinski definition) is 3. The van der Waals surface area contributed by atoms with Crippen molar-refractivity contribution < 1.29 is 14.7 Å². The highest BCUT2D eigenvalue weighted by Crippen LogP contribution is 2.42. The molecule has 5 heteroatoms. The van der Waals surface area contributed by atoms with Crippen LogP contribution < -0.4 is 5.73 Å². The molecular weight excluding hydrogens is 220 g/mol. The fourth-order valence-electron chi connectivity index (χ4n) is 3.06. The van der Waals surface area contributed by atoms with Gasteiger partial charge in [-0.3, -0.25) is 9.59 Å². The Balaban J connectivity index is 2.13. The smallest absolute Gasteiger partial charge is 0.308 e. The van der Waals surface area contributed by atoms with E-state index in [1.807, 2.05) is 13.8 Å². The first-order valence-electron chi connectivity index (χ1n) is 6.24. The Kier molecular flexibility index (Phi) is 3.12. The first-order valence-corrected chi connectivity index (χ1v) is 6.24. The topological polar surface area (TPSA) is 83.6 Å². The Morgan fingerprint density at radius 3 is 2.47 bits per heavy atom. The SMILES string of the molecule is CC(N)C(C)C(=O)N1C2CCC1C(C(=O)O)C2. The van der Waals surface area contributed by atoms with E-state index in [0.717, 1.165) is 12.8 Å². The molecule has 0 radical (unpaired) electrons. The number of carbonyl (C=O) groups excluding carboxylic acids is 1. The molecule has 0 aliphatic carbocycles. The summed E-state index contributed by atoms with van der Waals surface area (Å²) in [6, 6.07) is -0.174. The normalized spacial score (nSPS) is 34.8. The number of carbonyl (C=O) groups is 2. The summed E-state index contributed by atoms with van der Waals surface area (Å²) in [7, 11) is 0. The summed E-state index contributed by atoms with van der Waals surface area (Å²) < 4.78 is 0. The van der Waals surface area contributed by atoms with Crippen molar-refractivity contribution in [3.05, 3.63) is 0 Å². The summed E-state index contributed by atoms with van der Waals surface area (Å²) >= 11 is 0. The molecule has 0 aromatic heterocycles. The molecule has 0 spiro atoms. The first kappa shape index (κ1) is 12.4. The summed E-state index contributed by atoms with van der Waals surface area (Å²) in [5, 5.41) is 9.12. The molecule has 2 rings (SSSR count). The van der Waals surface area contributed by atoms with Gasteiger partial charge in [0.2, 0.25) is 5.91 Å². The Morgan fingerprint density at radius 1 is 1.35 bits per heavy atom. The first-order chi connectivity index (χ1) is 7.93. The second-order valence-electron chi connectivity index (χ2n) is 5.37. The molecule has 2 bridgehead atoms. The molecule has 2 heterocycles. The quantitative estimate of drug-likeness (QED) is 0.749. The molecule has 0 aromatic carbocycles. The van der Waals surface area contributed by atoms with Crippen molar-refractivity contribution in [3.63, 3.8) is 0 Å². The molecular formula is C12H20N2O3. The predicted molar refractivity (Wildman–Crippen MR) is 62.2 cm³/mol. The van der Waals surface area contributed by atoms with Crippen LogP contribution in [0, 0.1) is 11.8 Å². The lowest BCUT2D eigenvalue weighted by molar-refractivity contribution is -0.143. The van der Waals surface area contributed by atoms with E-state index in [9.17, 15) is 9.59 Å². The lowest BCUT2D eigenvalue weighted by Gasteiger charge is -2.27. The molecule has 17 heavy (non-hydrogen) atoms. The summed E-state index contributed by atoms with van der Waals surface area (Å²) in [6.45, 7) is 3.63. The fourth-order valence-corrected chi connectivity index (χ4v) is 3.06. The molecule has 2 aliphatic heterocycles. The van der Waals surface area contributed by atoms with Crippen molar-refractivity contribution >= 4 is 11.9 Å². The number of carboxylic acids is 1. The van der Waals surface area contributed by atoms with Gasteiger partial charge in [-0.2, -0.15) is 0 Å². The molecule has 5 unspecified atom stereocenters. The molecule has 2 saturated heterocycles. The van der Waals surface area contributed by atoms with E-state index in [-0.39, 0.29) is 35.9 Å². The minimum absolute atomic E-state index is 0.0243. The molecule has 2 fully saturated rings. The Labute approximate surface area is 101 Å². The summed E-state index contributed by atoms with van der Waals surface area (Å²) in [5.41, 5.74) is 5.75. The minimum atomic E-state index is -0.775. The van der Waals surface area contributed by atoms with E-state index in [1.165, 1.54) is 0 Å². The maximum absolute atomic E-state index is 12.3. The van der Waals surface area contributed by atoms with Crippen LogP contribution in [0.2, 0.25) is 0 Å². The number of nitrogens with two attached hydrogens (primary N) is 1. The standard InChI is InChI=1S/C12H20N2O3/c1-6(7(2)13)11(15)14-8-3-4-10(14)9(5-8)12(16)17/h6-10H,3-5,13H2,1-2H3,(H,16,17). The highest BCUT2D eigenvalue weighted by Gasteiger charge is 2.51. The third kappa shape index (κ3) is 1.92. The Bertz CT molecular complexity index is 343. The molecule has 1 amide bonds. The van der Waals surface area contributed by atoms with Crippen LogP contribution in [0.15, 0.2) is 0 Å². The van der Waals surface area contributed by atoms with E-state index in [4.69, 9.17) is 10.8 Å². The van der Waals surface area contributed by atoms with Gasteiger partial charge in [0, 0.05) is 18.1 Å². The molecule has 0 saturated carbocycles. The monoisotopic (exact) mass is 240 g/mol. The van der Waals surface area contributed by atoms with Crippen LogP contribution in [0.3, 0.4) is 0 Å². The van der Waals surface area contributed by atoms with Gasteiger partial charge in [-0.25, -0.2) is 0 Å². The molecule has 5 atom stereocenters. The van der Waals surface area contributed by atoms with Crippen LogP contribution in [0.1, 0.15) is 33.1 Å². The maximum Gasteiger partial charge on any atom is 0.308 e. The van der Waals surface area contributed by atoms with Crippen molar-refractivity contribution in [2.45, 2.75) is 51.2 Å². The molecule has 96 valence electrons. The largest absolute Gasteiger partial charge is 0.481 e. The van der Waals surface area contributed by atoms with Crippen LogP contribution in [-0.2, 0) is 9.59 Å². The van der Waals surface area contributed by atoms with Crippen molar-refractivity contribution in [2.24, 2.45) is 17.6 Å². The number of fused-ring (bicyclic) bond motifs is 2. The molecule has 2 aliphatic rings. The summed E-state index contributed by atoms with van der Waals surface area (Å²) in [5.74, 6) is -1.36. The number of amides is 1. The van der Waals surface area contributed by atoms with Gasteiger partial charge in [0.1, 0.15) is 0 Å². The van der Waals surface area contributed by atoms with Gasteiger partial charge in [-0.15, -0.1) is 0 Å². The minimum Gasteiger partial charge on any atom is -0.481 e. The van der Waals surface area contributed by atoms with Crippen LogP contribution in [0.4, 0.5) is 0 Å². The van der Waals surface area contributed by atoms with Gasteiger partial charge in [0.15, 0.2) is 0 Å². The lowest BCUT2D eigenvalue weighted by atomic mass is 9.89. The number of aliphatic carboxylic acids is 1. The van der Waals surface area contributed by atoms with Crippen LogP contribution >= 0.6 is 0 Å². The van der Waals surface area contributed by atoms with Crippen molar-refractivity contribution in [1.29, 1.82) is 0 Å². The number of rotatable bonds is 3. The van der Waals surface area contributed by atoms with Gasteiger partial charge >= 0.3 is 5.97 Å². The third-order valence-electron chi connectivity index (χ3n) is 4.29. The number of nitrogens with zero attached hydrogens (tertiary/aromatic N) is 1. The van der Waals surface area contributed by atoms with Crippen molar-refractivity contribution in [1.82, 2.24) is 4.90 Å². The van der Waals surface area contributed by atoms with Gasteiger partial charge in [0.05, 0.1) is 11.8 Å². The molecule has 0 aromatic rings. The second kappa shape index (κ2) is 4.29. The van der Waals surface area contributed by atoms with Crippen LogP contribution in [0.5, 0.6) is 0 Å². The zero-order valence-corrected chi connectivity index (χ0v) is 10.3. The average molecular weight is 240 g/mol. The Morgan fingerprint density at radius 2 is 2.00 bits per heavy atom. The fraction of sp³-hybridized carbons (Fsp3) is 0.833. The van der Waals surface area contributed by atoms with Crippen molar-refractivity contribution in [3.8, 4) is 0 Å². The summed E-state index contributed by atoms with van der Waals surface area (Å²) in [4.78, 5) is 25.2. The van der Waals surface area contributed by atoms with Crippen LogP contribution in [-0.4, -0.2) is 40.0 Å². The summed E-state index contributed by atoms with van der Waals surface area (Å²) in [6.07, 6.45) is 2.36. The average Bonchev–Trinajstić information content (AvgIpc) is 2.83. The third-order valence-corrected chi connectivity index (χ3v) is 4.29. The van der Waals surface area contributed by atoms with E-state index in [1.54, 1.807) is 4.90 Å². The lowest BCUT2D eigenvalue weighted by Crippen LogP contribution is -2.45. The van der Waals surface area contributed by atoms with Gasteiger partial charge in [-0.1, -0.05) is 6.92 Å². The maximum atomic E-state index is 12.3.